The molecule has 0 spiro atoms. The van der Waals surface area contributed by atoms with E-state index in [0.29, 0.717) is 17.8 Å². The number of benzene rings is 3. The lowest BCUT2D eigenvalue weighted by Gasteiger charge is -2.29. The van der Waals surface area contributed by atoms with Gasteiger partial charge in [0.05, 0.1) is 0 Å². The predicted octanol–water partition coefficient (Wildman–Crippen LogP) is 6.88. The lowest BCUT2D eigenvalue weighted by molar-refractivity contribution is 0.208. The minimum Gasteiger partial charge on any atom is -0.303 e. The van der Waals surface area contributed by atoms with Gasteiger partial charge in [-0.15, -0.1) is 0 Å². The van der Waals surface area contributed by atoms with Crippen LogP contribution in [-0.2, 0) is 13.0 Å². The van der Waals surface area contributed by atoms with Gasteiger partial charge >= 0.3 is 0 Å². The summed E-state index contributed by atoms with van der Waals surface area (Å²) in [6.45, 7) is 11.8. The summed E-state index contributed by atoms with van der Waals surface area (Å²) in [5, 5.41) is 0. The molecule has 180 valence electrons. The Morgan fingerprint density at radius 3 is 2.06 bits per heavy atom. The second kappa shape index (κ2) is 12.9. The molecule has 34 heavy (non-hydrogen) atoms. The topological polar surface area (TPSA) is 6.48 Å². The van der Waals surface area contributed by atoms with Crippen LogP contribution in [0, 0.1) is 11.8 Å². The molecule has 3 atom stereocenters. The van der Waals surface area contributed by atoms with E-state index in [1.54, 1.807) is 0 Å². The summed E-state index contributed by atoms with van der Waals surface area (Å²) in [5.41, 5.74) is 4.40. The molecular formula is C32H42N2. The Kier molecular flexibility index (Phi) is 9.35. The summed E-state index contributed by atoms with van der Waals surface area (Å²) in [7, 11) is 0. The molecule has 1 unspecified atom stereocenters. The summed E-state index contributed by atoms with van der Waals surface area (Å²) < 4.78 is 0. The molecule has 3 aromatic carbocycles. The summed E-state index contributed by atoms with van der Waals surface area (Å²) in [5.74, 6) is 2.01. The van der Waals surface area contributed by atoms with Crippen molar-refractivity contribution in [3.63, 3.8) is 0 Å². The van der Waals surface area contributed by atoms with Crippen molar-refractivity contribution in [1.29, 1.82) is 0 Å². The minimum atomic E-state index is 0.617. The third-order valence-electron chi connectivity index (χ3n) is 7.39. The average Bonchev–Trinajstić information content (AvgIpc) is 3.26. The first-order chi connectivity index (χ1) is 16.7. The second-order valence-electron chi connectivity index (χ2n) is 10.3. The normalized spacial score (nSPS) is 19.5. The molecule has 4 rings (SSSR count). The molecule has 0 aliphatic carbocycles. The Labute approximate surface area is 207 Å². The molecule has 1 fully saturated rings. The van der Waals surface area contributed by atoms with Crippen LogP contribution >= 0.6 is 0 Å². The Bertz CT molecular complexity index is 941. The van der Waals surface area contributed by atoms with Gasteiger partial charge in [0, 0.05) is 32.1 Å². The van der Waals surface area contributed by atoms with Crippen molar-refractivity contribution in [3.8, 4) is 0 Å². The van der Waals surface area contributed by atoms with Crippen molar-refractivity contribution in [1.82, 2.24) is 9.80 Å². The zero-order valence-electron chi connectivity index (χ0n) is 21.2. The molecule has 3 aromatic rings. The molecule has 0 N–H and O–H groups in total. The van der Waals surface area contributed by atoms with E-state index in [4.69, 9.17) is 0 Å². The summed E-state index contributed by atoms with van der Waals surface area (Å²) in [6.07, 6.45) is 3.68. The Hall–Kier alpha value is -2.42. The van der Waals surface area contributed by atoms with Gasteiger partial charge in [-0.05, 0) is 60.9 Å². The lowest BCUT2D eigenvalue weighted by Crippen LogP contribution is -2.34. The van der Waals surface area contributed by atoms with Crippen molar-refractivity contribution >= 4 is 0 Å². The lowest BCUT2D eigenvalue weighted by atomic mass is 9.88. The molecule has 1 aliphatic rings. The summed E-state index contributed by atoms with van der Waals surface area (Å²) in [4.78, 5) is 5.44. The fraction of sp³-hybridized carbons (Fsp3) is 0.438. The van der Waals surface area contributed by atoms with E-state index in [1.807, 2.05) is 0 Å². The van der Waals surface area contributed by atoms with Gasteiger partial charge in [0.2, 0.25) is 0 Å². The van der Waals surface area contributed by atoms with Gasteiger partial charge in [-0.3, -0.25) is 4.90 Å². The van der Waals surface area contributed by atoms with Crippen molar-refractivity contribution in [3.05, 3.63) is 108 Å². The van der Waals surface area contributed by atoms with E-state index in [0.717, 1.165) is 13.1 Å². The average molecular weight is 455 g/mol. The van der Waals surface area contributed by atoms with Crippen LogP contribution in [0.2, 0.25) is 0 Å². The number of hydrogen-bond acceptors (Lipinski definition) is 2. The summed E-state index contributed by atoms with van der Waals surface area (Å²) >= 11 is 0. The van der Waals surface area contributed by atoms with Crippen LogP contribution in [0.25, 0.3) is 0 Å². The first kappa shape index (κ1) is 24.7. The first-order valence-corrected chi connectivity index (χ1v) is 13.3. The highest BCUT2D eigenvalue weighted by atomic mass is 15.2. The van der Waals surface area contributed by atoms with Crippen molar-refractivity contribution in [2.24, 2.45) is 11.8 Å². The number of likely N-dealkylation sites (tertiary alicyclic amines) is 1. The third-order valence-corrected chi connectivity index (χ3v) is 7.39. The predicted molar refractivity (Wildman–Crippen MR) is 145 cm³/mol. The molecule has 1 aliphatic heterocycles. The number of nitrogens with zero attached hydrogens (tertiary/aromatic N) is 2. The van der Waals surface area contributed by atoms with Gasteiger partial charge in [-0.1, -0.05) is 105 Å². The monoisotopic (exact) mass is 454 g/mol. The van der Waals surface area contributed by atoms with E-state index in [1.165, 1.54) is 62.1 Å². The van der Waals surface area contributed by atoms with Gasteiger partial charge in [-0.2, -0.15) is 0 Å². The largest absolute Gasteiger partial charge is 0.303 e. The second-order valence-corrected chi connectivity index (χ2v) is 10.3. The van der Waals surface area contributed by atoms with Crippen LogP contribution in [0.1, 0.15) is 49.3 Å². The molecule has 1 heterocycles. The molecule has 2 heteroatoms. The molecule has 0 bridgehead atoms. The standard InChI is InChI=1S/C32H42N2/c1-3-20-33(21-19-27(2)22-28-13-7-4-8-14-28)24-31-25-34(23-29-15-9-5-10-16-29)26-32(31)30-17-11-6-12-18-30/h4-18,27,31-32H,3,19-26H2,1-2H3/t27?,31-,32+/m0/s1. The fourth-order valence-corrected chi connectivity index (χ4v) is 5.66. The van der Waals surface area contributed by atoms with E-state index in [9.17, 15) is 0 Å². The first-order valence-electron chi connectivity index (χ1n) is 13.3. The highest BCUT2D eigenvalue weighted by Crippen LogP contribution is 2.34. The maximum absolute atomic E-state index is 2.76. The Morgan fingerprint density at radius 1 is 0.794 bits per heavy atom. The molecule has 0 amide bonds. The van der Waals surface area contributed by atoms with E-state index >= 15 is 0 Å². The van der Waals surface area contributed by atoms with Crippen molar-refractivity contribution in [2.45, 2.75) is 45.6 Å². The molecular weight excluding hydrogens is 412 g/mol. The van der Waals surface area contributed by atoms with Gasteiger partial charge in [0.1, 0.15) is 0 Å². The van der Waals surface area contributed by atoms with Gasteiger partial charge in [-0.25, -0.2) is 0 Å². The van der Waals surface area contributed by atoms with Crippen LogP contribution in [-0.4, -0.2) is 42.5 Å². The Morgan fingerprint density at radius 2 is 1.41 bits per heavy atom. The quantitative estimate of drug-likeness (QED) is 0.294. The molecule has 2 nitrogen and oxygen atoms in total. The molecule has 1 saturated heterocycles. The van der Waals surface area contributed by atoms with E-state index in [2.05, 4.69) is 115 Å². The molecule has 0 aromatic heterocycles. The van der Waals surface area contributed by atoms with Gasteiger partial charge < -0.3 is 4.90 Å². The SMILES string of the molecule is CCCN(CCC(C)Cc1ccccc1)C[C@H]1CN(Cc2ccccc2)C[C@@H]1c1ccccc1. The smallest absolute Gasteiger partial charge is 0.0234 e. The summed E-state index contributed by atoms with van der Waals surface area (Å²) in [6, 6.07) is 33.2. The maximum Gasteiger partial charge on any atom is 0.0234 e. The van der Waals surface area contributed by atoms with Gasteiger partial charge in [0.25, 0.3) is 0 Å². The fourth-order valence-electron chi connectivity index (χ4n) is 5.66. The minimum absolute atomic E-state index is 0.617. The van der Waals surface area contributed by atoms with Crippen LogP contribution in [0.5, 0.6) is 0 Å². The zero-order valence-corrected chi connectivity index (χ0v) is 21.2. The highest BCUT2D eigenvalue weighted by Gasteiger charge is 2.34. The maximum atomic E-state index is 2.76. The van der Waals surface area contributed by atoms with Crippen LogP contribution in [0.15, 0.2) is 91.0 Å². The van der Waals surface area contributed by atoms with Gasteiger partial charge in [0.15, 0.2) is 0 Å². The zero-order chi connectivity index (χ0) is 23.6. The molecule has 0 radical (unpaired) electrons. The van der Waals surface area contributed by atoms with Crippen molar-refractivity contribution in [2.75, 3.05) is 32.7 Å². The van der Waals surface area contributed by atoms with Crippen LogP contribution < -0.4 is 0 Å². The number of hydrogen-bond donors (Lipinski definition) is 0. The van der Waals surface area contributed by atoms with E-state index in [-0.39, 0.29) is 0 Å². The van der Waals surface area contributed by atoms with E-state index < -0.39 is 0 Å². The number of rotatable bonds is 12. The van der Waals surface area contributed by atoms with Crippen molar-refractivity contribution < 1.29 is 0 Å². The Balaban J connectivity index is 1.39. The third kappa shape index (κ3) is 7.29. The highest BCUT2D eigenvalue weighted by molar-refractivity contribution is 5.23. The van der Waals surface area contributed by atoms with Crippen LogP contribution in [0.3, 0.4) is 0 Å². The van der Waals surface area contributed by atoms with Crippen LogP contribution in [0.4, 0.5) is 0 Å². The molecule has 0 saturated carbocycles.